The van der Waals surface area contributed by atoms with E-state index in [1.165, 1.54) is 0 Å². The number of piperazine rings is 1. The van der Waals surface area contributed by atoms with E-state index in [9.17, 15) is 5.11 Å². The van der Waals surface area contributed by atoms with Crippen LogP contribution in [0.1, 0.15) is 0 Å². The molecule has 1 fully saturated rings. The molecule has 0 aliphatic carbocycles. The minimum Gasteiger partial charge on any atom is -0.389 e. The van der Waals surface area contributed by atoms with Crippen LogP contribution in [-0.4, -0.2) is 67.0 Å². The van der Waals surface area contributed by atoms with E-state index in [1.54, 1.807) is 0 Å². The fraction of sp³-hybridized carbons (Fsp3) is 0.533. The van der Waals surface area contributed by atoms with Crippen molar-refractivity contribution in [3.8, 4) is 12.3 Å². The summed E-state index contributed by atoms with van der Waals surface area (Å²) >= 11 is 0. The van der Waals surface area contributed by atoms with Crippen molar-refractivity contribution >= 4 is 5.82 Å². The lowest BCUT2D eigenvalue weighted by Gasteiger charge is -2.36. The topological polar surface area (TPSA) is 48.8 Å². The summed E-state index contributed by atoms with van der Waals surface area (Å²) in [5, 5.41) is 9.85. The standard InChI is InChI=1S/C15H21N3O2/c1-2-11-20-13-14(19)12-17-7-9-18(10-8-17)15-5-3-4-6-16-15/h1,3-6,14,19H,7-13H2. The Kier molecular flexibility index (Phi) is 5.81. The van der Waals surface area contributed by atoms with Gasteiger partial charge in [-0.1, -0.05) is 12.0 Å². The molecule has 1 saturated heterocycles. The lowest BCUT2D eigenvalue weighted by molar-refractivity contribution is 0.0267. The van der Waals surface area contributed by atoms with Gasteiger partial charge in [-0.2, -0.15) is 0 Å². The molecule has 5 nitrogen and oxygen atoms in total. The van der Waals surface area contributed by atoms with E-state index in [0.717, 1.165) is 32.0 Å². The van der Waals surface area contributed by atoms with Crippen molar-refractivity contribution in [3.05, 3.63) is 24.4 Å². The third-order valence-corrected chi connectivity index (χ3v) is 3.31. The molecule has 20 heavy (non-hydrogen) atoms. The van der Waals surface area contributed by atoms with Crippen LogP contribution in [0.4, 0.5) is 5.82 Å². The lowest BCUT2D eigenvalue weighted by Crippen LogP contribution is -2.49. The zero-order valence-corrected chi connectivity index (χ0v) is 11.6. The molecule has 0 radical (unpaired) electrons. The maximum atomic E-state index is 9.85. The van der Waals surface area contributed by atoms with E-state index in [1.807, 2.05) is 24.4 Å². The highest BCUT2D eigenvalue weighted by Crippen LogP contribution is 2.12. The fourth-order valence-corrected chi connectivity index (χ4v) is 2.30. The first-order valence-electron chi connectivity index (χ1n) is 6.87. The summed E-state index contributed by atoms with van der Waals surface area (Å²) in [4.78, 5) is 8.86. The van der Waals surface area contributed by atoms with Crippen LogP contribution in [0.15, 0.2) is 24.4 Å². The van der Waals surface area contributed by atoms with Crippen molar-refractivity contribution in [2.75, 3.05) is 50.8 Å². The third-order valence-electron chi connectivity index (χ3n) is 3.31. The molecule has 1 N–H and O–H groups in total. The van der Waals surface area contributed by atoms with Gasteiger partial charge < -0.3 is 14.7 Å². The van der Waals surface area contributed by atoms with Gasteiger partial charge in [0, 0.05) is 38.9 Å². The SMILES string of the molecule is C#CCOCC(O)CN1CCN(c2ccccn2)CC1. The summed E-state index contributed by atoms with van der Waals surface area (Å²) in [5.41, 5.74) is 0. The molecule has 0 bridgehead atoms. The molecule has 1 aliphatic heterocycles. The summed E-state index contributed by atoms with van der Waals surface area (Å²) < 4.78 is 5.14. The zero-order valence-electron chi connectivity index (χ0n) is 11.6. The number of anilines is 1. The van der Waals surface area contributed by atoms with Gasteiger partial charge in [0.25, 0.3) is 0 Å². The van der Waals surface area contributed by atoms with Gasteiger partial charge in [0.2, 0.25) is 0 Å². The number of nitrogens with zero attached hydrogens (tertiary/aromatic N) is 3. The maximum Gasteiger partial charge on any atom is 0.128 e. The van der Waals surface area contributed by atoms with Crippen molar-refractivity contribution in [1.29, 1.82) is 0 Å². The molecule has 1 unspecified atom stereocenters. The summed E-state index contributed by atoms with van der Waals surface area (Å²) in [5.74, 6) is 3.41. The van der Waals surface area contributed by atoms with Crippen LogP contribution in [0.3, 0.4) is 0 Å². The normalized spacial score (nSPS) is 17.7. The van der Waals surface area contributed by atoms with E-state index in [4.69, 9.17) is 11.2 Å². The van der Waals surface area contributed by atoms with E-state index in [2.05, 4.69) is 20.7 Å². The fourth-order valence-electron chi connectivity index (χ4n) is 2.30. The Morgan fingerprint density at radius 3 is 2.80 bits per heavy atom. The van der Waals surface area contributed by atoms with Gasteiger partial charge in [-0.15, -0.1) is 6.42 Å². The summed E-state index contributed by atoms with van der Waals surface area (Å²) in [7, 11) is 0. The van der Waals surface area contributed by atoms with Crippen LogP contribution >= 0.6 is 0 Å². The van der Waals surface area contributed by atoms with Crippen LogP contribution in [0.5, 0.6) is 0 Å². The molecule has 0 spiro atoms. The molecular formula is C15H21N3O2. The number of terminal acetylenes is 1. The Hall–Kier alpha value is -1.61. The molecule has 0 saturated carbocycles. The van der Waals surface area contributed by atoms with Crippen molar-refractivity contribution in [1.82, 2.24) is 9.88 Å². The predicted octanol–water partition coefficient (Wildman–Crippen LogP) is 0.214. The second kappa shape index (κ2) is 7.85. The lowest BCUT2D eigenvalue weighted by atomic mass is 10.2. The highest BCUT2D eigenvalue weighted by atomic mass is 16.5. The number of aliphatic hydroxyl groups is 1. The largest absolute Gasteiger partial charge is 0.389 e. The van der Waals surface area contributed by atoms with Crippen LogP contribution in [0, 0.1) is 12.3 Å². The van der Waals surface area contributed by atoms with Crippen molar-refractivity contribution in [3.63, 3.8) is 0 Å². The van der Waals surface area contributed by atoms with E-state index < -0.39 is 6.10 Å². The Labute approximate surface area is 120 Å². The second-order valence-electron chi connectivity index (χ2n) is 4.85. The Morgan fingerprint density at radius 1 is 1.35 bits per heavy atom. The van der Waals surface area contributed by atoms with Gasteiger partial charge in [0.15, 0.2) is 0 Å². The average molecular weight is 275 g/mol. The number of β-amino-alcohol motifs (C(OH)–C–C–N with tert-alkyl or cyclic N) is 1. The van der Waals surface area contributed by atoms with E-state index in [0.29, 0.717) is 13.2 Å². The van der Waals surface area contributed by atoms with Crippen molar-refractivity contribution in [2.24, 2.45) is 0 Å². The number of ether oxygens (including phenoxy) is 1. The van der Waals surface area contributed by atoms with Gasteiger partial charge >= 0.3 is 0 Å². The van der Waals surface area contributed by atoms with E-state index >= 15 is 0 Å². The van der Waals surface area contributed by atoms with Crippen LogP contribution in [0.25, 0.3) is 0 Å². The first-order valence-corrected chi connectivity index (χ1v) is 6.87. The van der Waals surface area contributed by atoms with Crippen LogP contribution in [0.2, 0.25) is 0 Å². The first kappa shape index (κ1) is 14.8. The Balaban J connectivity index is 1.70. The molecule has 2 rings (SSSR count). The average Bonchev–Trinajstić information content (AvgIpc) is 2.49. The minimum absolute atomic E-state index is 0.254. The van der Waals surface area contributed by atoms with Gasteiger partial charge in [0.1, 0.15) is 12.4 Å². The number of hydrogen-bond acceptors (Lipinski definition) is 5. The maximum absolute atomic E-state index is 9.85. The number of aromatic nitrogens is 1. The molecular weight excluding hydrogens is 254 g/mol. The highest BCUT2D eigenvalue weighted by Gasteiger charge is 2.19. The quantitative estimate of drug-likeness (QED) is 0.594. The molecule has 1 atom stereocenters. The smallest absolute Gasteiger partial charge is 0.128 e. The monoisotopic (exact) mass is 275 g/mol. The van der Waals surface area contributed by atoms with Gasteiger partial charge in [0.05, 0.1) is 12.7 Å². The predicted molar refractivity (Wildman–Crippen MR) is 78.5 cm³/mol. The summed E-state index contributed by atoms with van der Waals surface area (Å²) in [6, 6.07) is 5.95. The molecule has 1 aromatic rings. The Morgan fingerprint density at radius 2 is 2.15 bits per heavy atom. The highest BCUT2D eigenvalue weighted by molar-refractivity contribution is 5.38. The van der Waals surface area contributed by atoms with Gasteiger partial charge in [-0.25, -0.2) is 4.98 Å². The number of pyridine rings is 1. The molecule has 0 aromatic carbocycles. The summed E-state index contributed by atoms with van der Waals surface area (Å²) in [6.45, 7) is 4.87. The molecule has 2 heterocycles. The van der Waals surface area contributed by atoms with Gasteiger partial charge in [-0.3, -0.25) is 4.90 Å². The molecule has 0 amide bonds. The number of hydrogen-bond donors (Lipinski definition) is 1. The van der Waals surface area contributed by atoms with Crippen molar-refractivity contribution in [2.45, 2.75) is 6.10 Å². The molecule has 1 aromatic heterocycles. The minimum atomic E-state index is -0.482. The van der Waals surface area contributed by atoms with Gasteiger partial charge in [-0.05, 0) is 12.1 Å². The third kappa shape index (κ3) is 4.49. The zero-order chi connectivity index (χ0) is 14.2. The van der Waals surface area contributed by atoms with E-state index in [-0.39, 0.29) is 6.61 Å². The second-order valence-corrected chi connectivity index (χ2v) is 4.85. The Bertz CT molecular complexity index is 424. The number of rotatable bonds is 6. The number of aliphatic hydroxyl groups excluding tert-OH is 1. The van der Waals surface area contributed by atoms with Crippen LogP contribution < -0.4 is 4.90 Å². The molecule has 5 heteroatoms. The summed E-state index contributed by atoms with van der Waals surface area (Å²) in [6.07, 6.45) is 6.42. The van der Waals surface area contributed by atoms with Crippen molar-refractivity contribution < 1.29 is 9.84 Å². The molecule has 108 valence electrons. The first-order chi connectivity index (χ1) is 9.79. The van der Waals surface area contributed by atoms with Crippen LogP contribution in [-0.2, 0) is 4.74 Å². The molecule has 1 aliphatic rings.